The van der Waals surface area contributed by atoms with Gasteiger partial charge in [-0.2, -0.15) is 16.8 Å². The number of carbonyl (C=O) groups is 2. The maximum atomic E-state index is 12.7. The van der Waals surface area contributed by atoms with Crippen molar-refractivity contribution in [2.75, 3.05) is 0 Å². The molecule has 3 N–H and O–H groups in total. The third-order valence-corrected chi connectivity index (χ3v) is 7.42. The van der Waals surface area contributed by atoms with E-state index >= 15 is 0 Å². The lowest BCUT2D eigenvalue weighted by atomic mass is 10.1. The molecule has 0 atom stereocenters. The SMILES string of the molecule is CC(=O)NC(=O)c1cc(-c2cn(-c3ccc(S(=O)(=O)O)cc3)nn2)nc(-c2cn(-c3ccc(S(=O)(=O)O)cc3)nn2)c1. The van der Waals surface area contributed by atoms with Gasteiger partial charge in [0.05, 0.1) is 44.9 Å². The van der Waals surface area contributed by atoms with Crippen LogP contribution >= 0.6 is 0 Å². The largest absolute Gasteiger partial charge is 0.294 e. The molecule has 3 heterocycles. The summed E-state index contributed by atoms with van der Waals surface area (Å²) in [5.41, 5.74) is 1.64. The van der Waals surface area contributed by atoms with Gasteiger partial charge < -0.3 is 0 Å². The van der Waals surface area contributed by atoms with Crippen LogP contribution in [-0.4, -0.2) is 72.7 Å². The number of pyridine rings is 1. The van der Waals surface area contributed by atoms with Gasteiger partial charge in [0.1, 0.15) is 11.4 Å². The minimum absolute atomic E-state index is 0.0457. The van der Waals surface area contributed by atoms with E-state index in [2.05, 4.69) is 30.9 Å². The molecule has 0 aliphatic rings. The number of rotatable bonds is 7. The van der Waals surface area contributed by atoms with Gasteiger partial charge in [-0.3, -0.25) is 24.0 Å². The molecule has 5 aromatic rings. The van der Waals surface area contributed by atoms with Crippen LogP contribution in [-0.2, 0) is 25.0 Å². The molecule has 0 spiro atoms. The third kappa shape index (κ3) is 6.10. The monoisotopic (exact) mass is 610 g/mol. The number of aromatic nitrogens is 7. The summed E-state index contributed by atoms with van der Waals surface area (Å²) in [5, 5.41) is 18.4. The quantitative estimate of drug-likeness (QED) is 0.221. The first kappa shape index (κ1) is 28.4. The molecule has 2 aromatic carbocycles. The van der Waals surface area contributed by atoms with E-state index in [1.807, 2.05) is 0 Å². The van der Waals surface area contributed by atoms with E-state index in [9.17, 15) is 35.5 Å². The van der Waals surface area contributed by atoms with Crippen LogP contribution in [0, 0.1) is 0 Å². The van der Waals surface area contributed by atoms with Crippen LogP contribution < -0.4 is 5.32 Å². The molecule has 0 aliphatic heterocycles. The van der Waals surface area contributed by atoms with Crippen molar-refractivity contribution >= 4 is 32.1 Å². The van der Waals surface area contributed by atoms with Gasteiger partial charge in [-0.25, -0.2) is 14.3 Å². The summed E-state index contributed by atoms with van der Waals surface area (Å²) in [7, 11) is -8.76. The number of imide groups is 1. The molecule has 0 fully saturated rings. The Morgan fingerprint density at radius 2 is 1.10 bits per heavy atom. The Kier molecular flexibility index (Phi) is 7.20. The highest BCUT2D eigenvalue weighted by atomic mass is 32.2. The standard InChI is InChI=1S/C24H18N8O8S2/c1-14(33)25-24(34)15-10-20(22-12-31(29-27-22)16-2-6-18(7-3-16)41(35,36)37)26-21(11-15)23-13-32(30-28-23)17-4-8-19(9-5-17)42(38,39)40/h2-13H,1H3,(H,25,33,34)(H,35,36,37)(H,38,39,40). The van der Waals surface area contributed by atoms with Crippen molar-refractivity contribution < 1.29 is 35.5 Å². The van der Waals surface area contributed by atoms with E-state index in [0.29, 0.717) is 11.4 Å². The lowest BCUT2D eigenvalue weighted by Gasteiger charge is -2.06. The molecule has 3 aromatic heterocycles. The highest BCUT2D eigenvalue weighted by Crippen LogP contribution is 2.24. The van der Waals surface area contributed by atoms with Crippen LogP contribution in [0.5, 0.6) is 0 Å². The summed E-state index contributed by atoms with van der Waals surface area (Å²) in [6, 6.07) is 13.1. The fourth-order valence-corrected chi connectivity index (χ4v) is 4.67. The Labute approximate surface area is 237 Å². The number of hydrogen-bond donors (Lipinski definition) is 3. The van der Waals surface area contributed by atoms with Crippen molar-refractivity contribution in [1.82, 2.24) is 40.3 Å². The Bertz CT molecular complexity index is 1920. The Morgan fingerprint density at radius 3 is 1.45 bits per heavy atom. The van der Waals surface area contributed by atoms with E-state index in [0.717, 1.165) is 0 Å². The second-order valence-electron chi connectivity index (χ2n) is 8.67. The molecule has 0 saturated heterocycles. The zero-order valence-corrected chi connectivity index (χ0v) is 22.9. The molecular weight excluding hydrogens is 592 g/mol. The second-order valence-corrected chi connectivity index (χ2v) is 11.5. The van der Waals surface area contributed by atoms with Gasteiger partial charge >= 0.3 is 0 Å². The summed E-state index contributed by atoms with van der Waals surface area (Å²) < 4.78 is 66.3. The summed E-state index contributed by atoms with van der Waals surface area (Å²) in [6.45, 7) is 1.18. The van der Waals surface area contributed by atoms with Gasteiger partial charge in [-0.1, -0.05) is 10.4 Å². The van der Waals surface area contributed by atoms with Gasteiger partial charge in [0.2, 0.25) is 5.91 Å². The Balaban J connectivity index is 1.52. The van der Waals surface area contributed by atoms with Gasteiger partial charge in [-0.05, 0) is 60.7 Å². The van der Waals surface area contributed by atoms with Crippen molar-refractivity contribution in [2.24, 2.45) is 0 Å². The average molecular weight is 611 g/mol. The van der Waals surface area contributed by atoms with Crippen LogP contribution in [0.1, 0.15) is 17.3 Å². The fourth-order valence-electron chi connectivity index (χ4n) is 3.71. The predicted octanol–water partition coefficient (Wildman–Crippen LogP) is 1.35. The maximum absolute atomic E-state index is 12.7. The molecular formula is C24H18N8O8S2. The summed E-state index contributed by atoms with van der Waals surface area (Å²) >= 11 is 0. The van der Waals surface area contributed by atoms with Crippen molar-refractivity contribution in [3.05, 3.63) is 78.6 Å². The first-order valence-corrected chi connectivity index (χ1v) is 14.5. The van der Waals surface area contributed by atoms with E-state index in [-0.39, 0.29) is 38.1 Å². The van der Waals surface area contributed by atoms with Crippen LogP contribution in [0.4, 0.5) is 0 Å². The van der Waals surface area contributed by atoms with E-state index in [1.165, 1.54) is 89.3 Å². The first-order chi connectivity index (χ1) is 19.8. The minimum atomic E-state index is -4.38. The number of hydrogen-bond acceptors (Lipinski definition) is 11. The first-order valence-electron chi connectivity index (χ1n) is 11.6. The predicted molar refractivity (Wildman–Crippen MR) is 143 cm³/mol. The number of amides is 2. The van der Waals surface area contributed by atoms with Crippen molar-refractivity contribution in [1.29, 1.82) is 0 Å². The summed E-state index contributed by atoms with van der Waals surface area (Å²) in [5.74, 6) is -1.30. The molecule has 5 rings (SSSR count). The zero-order chi connectivity index (χ0) is 30.2. The number of carbonyl (C=O) groups excluding carboxylic acids is 2. The normalized spacial score (nSPS) is 11.8. The molecule has 0 saturated carbocycles. The van der Waals surface area contributed by atoms with Gasteiger partial charge in [0.15, 0.2) is 0 Å². The highest BCUT2D eigenvalue weighted by molar-refractivity contribution is 7.86. The smallest absolute Gasteiger partial charge is 0.293 e. The lowest BCUT2D eigenvalue weighted by molar-refractivity contribution is -0.118. The zero-order valence-electron chi connectivity index (χ0n) is 21.2. The molecule has 0 radical (unpaired) electrons. The Morgan fingerprint density at radius 1 is 0.690 bits per heavy atom. The second kappa shape index (κ2) is 10.7. The summed E-state index contributed by atoms with van der Waals surface area (Å²) in [4.78, 5) is 28.2. The van der Waals surface area contributed by atoms with E-state index in [1.54, 1.807) is 0 Å². The van der Waals surface area contributed by atoms with Crippen LogP contribution in [0.15, 0.2) is 82.8 Å². The molecule has 0 bridgehead atoms. The number of benzene rings is 2. The minimum Gasteiger partial charge on any atom is -0.293 e. The topological polar surface area (TPSA) is 229 Å². The fraction of sp³-hybridized carbons (Fsp3) is 0.0417. The average Bonchev–Trinajstić information content (AvgIpc) is 3.63. The molecule has 214 valence electrons. The number of nitrogens with one attached hydrogen (secondary N) is 1. The molecule has 18 heteroatoms. The van der Waals surface area contributed by atoms with Gasteiger partial charge in [0, 0.05) is 12.5 Å². The van der Waals surface area contributed by atoms with Gasteiger partial charge in [0.25, 0.3) is 26.1 Å². The van der Waals surface area contributed by atoms with Crippen LogP contribution in [0.25, 0.3) is 34.2 Å². The van der Waals surface area contributed by atoms with E-state index in [4.69, 9.17) is 0 Å². The molecule has 0 aliphatic carbocycles. The van der Waals surface area contributed by atoms with Crippen LogP contribution in [0.2, 0.25) is 0 Å². The molecule has 42 heavy (non-hydrogen) atoms. The maximum Gasteiger partial charge on any atom is 0.294 e. The van der Waals surface area contributed by atoms with Crippen molar-refractivity contribution in [3.63, 3.8) is 0 Å². The van der Waals surface area contributed by atoms with E-state index < -0.39 is 32.1 Å². The number of nitrogens with zero attached hydrogens (tertiary/aromatic N) is 7. The van der Waals surface area contributed by atoms with Crippen molar-refractivity contribution in [2.45, 2.75) is 16.7 Å². The van der Waals surface area contributed by atoms with Gasteiger partial charge in [-0.15, -0.1) is 10.2 Å². The Hall–Kier alpha value is -5.17. The third-order valence-electron chi connectivity index (χ3n) is 5.69. The van der Waals surface area contributed by atoms with Crippen LogP contribution in [0.3, 0.4) is 0 Å². The summed E-state index contributed by atoms with van der Waals surface area (Å²) in [6.07, 6.45) is 2.93. The molecule has 16 nitrogen and oxygen atoms in total. The van der Waals surface area contributed by atoms with Crippen molar-refractivity contribution in [3.8, 4) is 34.2 Å². The highest BCUT2D eigenvalue weighted by Gasteiger charge is 2.18. The lowest BCUT2D eigenvalue weighted by Crippen LogP contribution is -2.28. The molecule has 2 amide bonds. The molecule has 0 unspecified atom stereocenters.